The Morgan fingerprint density at radius 2 is 1.64 bits per heavy atom. The first-order valence-corrected chi connectivity index (χ1v) is 8.58. The first-order valence-electron chi connectivity index (χ1n) is 8.58. The molecule has 0 atom stereocenters. The molecule has 0 saturated heterocycles. The maximum absolute atomic E-state index is 12.8. The normalized spacial score (nSPS) is 10.4. The quantitative estimate of drug-likeness (QED) is 0.806. The Kier molecular flexibility index (Phi) is 6.34. The van der Waals surface area contributed by atoms with Crippen molar-refractivity contribution in [1.82, 2.24) is 4.90 Å². The van der Waals surface area contributed by atoms with Crippen LogP contribution in [0.5, 0.6) is 0 Å². The molecule has 2 aromatic carbocycles. The Labute approximate surface area is 150 Å². The van der Waals surface area contributed by atoms with Crippen LogP contribution in [0, 0.1) is 13.8 Å². The molecule has 0 bridgehead atoms. The van der Waals surface area contributed by atoms with Gasteiger partial charge in [-0.25, -0.2) is 0 Å². The van der Waals surface area contributed by atoms with Gasteiger partial charge in [0.05, 0.1) is 0 Å². The summed E-state index contributed by atoms with van der Waals surface area (Å²) >= 11 is 0. The first kappa shape index (κ1) is 18.7. The molecule has 0 aromatic heterocycles. The summed E-state index contributed by atoms with van der Waals surface area (Å²) in [4.78, 5) is 28.1. The van der Waals surface area contributed by atoms with Crippen LogP contribution in [-0.2, 0) is 16.1 Å². The second-order valence-corrected chi connectivity index (χ2v) is 6.34. The van der Waals surface area contributed by atoms with Crippen LogP contribution in [0.1, 0.15) is 30.5 Å². The van der Waals surface area contributed by atoms with E-state index in [9.17, 15) is 9.59 Å². The summed E-state index contributed by atoms with van der Waals surface area (Å²) in [6, 6.07) is 15.9. The third kappa shape index (κ3) is 5.18. The molecular weight excluding hydrogens is 312 g/mol. The predicted molar refractivity (Wildman–Crippen MR) is 101 cm³/mol. The van der Waals surface area contributed by atoms with Crippen molar-refractivity contribution in [2.75, 3.05) is 18.0 Å². The molecule has 0 aliphatic heterocycles. The van der Waals surface area contributed by atoms with E-state index in [1.54, 1.807) is 9.80 Å². The van der Waals surface area contributed by atoms with Gasteiger partial charge in [0.15, 0.2) is 0 Å². The number of anilines is 1. The lowest BCUT2D eigenvalue weighted by atomic mass is 10.1. The van der Waals surface area contributed by atoms with Crippen molar-refractivity contribution in [3.05, 3.63) is 65.2 Å². The molecule has 25 heavy (non-hydrogen) atoms. The van der Waals surface area contributed by atoms with Gasteiger partial charge < -0.3 is 9.80 Å². The summed E-state index contributed by atoms with van der Waals surface area (Å²) in [6.45, 7) is 8.55. The van der Waals surface area contributed by atoms with E-state index in [-0.39, 0.29) is 18.4 Å². The van der Waals surface area contributed by atoms with Gasteiger partial charge in [-0.1, -0.05) is 42.0 Å². The van der Waals surface area contributed by atoms with Crippen molar-refractivity contribution < 1.29 is 9.59 Å². The SMILES string of the molecule is CCN(C(=O)CN(Cc1ccc(C)cc1)C(C)=O)c1cccc(C)c1. The van der Waals surface area contributed by atoms with Crippen LogP contribution >= 0.6 is 0 Å². The molecule has 132 valence electrons. The van der Waals surface area contributed by atoms with Crippen LogP contribution in [0.3, 0.4) is 0 Å². The minimum atomic E-state index is -0.103. The first-order chi connectivity index (χ1) is 11.9. The smallest absolute Gasteiger partial charge is 0.246 e. The molecule has 0 saturated carbocycles. The van der Waals surface area contributed by atoms with Crippen LogP contribution in [0.2, 0.25) is 0 Å². The molecular formula is C21H26N2O2. The fourth-order valence-electron chi connectivity index (χ4n) is 2.74. The average Bonchev–Trinajstić information content (AvgIpc) is 2.57. The van der Waals surface area contributed by atoms with Crippen molar-refractivity contribution in [2.24, 2.45) is 0 Å². The van der Waals surface area contributed by atoms with Gasteiger partial charge in [0.25, 0.3) is 0 Å². The summed E-state index contributed by atoms with van der Waals surface area (Å²) < 4.78 is 0. The average molecular weight is 338 g/mol. The van der Waals surface area contributed by atoms with Gasteiger partial charge >= 0.3 is 0 Å². The fraction of sp³-hybridized carbons (Fsp3) is 0.333. The number of nitrogens with zero attached hydrogens (tertiary/aromatic N) is 2. The highest BCUT2D eigenvalue weighted by Gasteiger charge is 2.19. The maximum atomic E-state index is 12.8. The zero-order chi connectivity index (χ0) is 18.4. The monoisotopic (exact) mass is 338 g/mol. The highest BCUT2D eigenvalue weighted by Crippen LogP contribution is 2.17. The van der Waals surface area contributed by atoms with E-state index in [2.05, 4.69) is 0 Å². The summed E-state index contributed by atoms with van der Waals surface area (Å²) in [7, 11) is 0. The Morgan fingerprint density at radius 3 is 2.20 bits per heavy atom. The van der Waals surface area contributed by atoms with E-state index in [4.69, 9.17) is 0 Å². The van der Waals surface area contributed by atoms with E-state index in [0.29, 0.717) is 13.1 Å². The number of carbonyl (C=O) groups is 2. The third-order valence-corrected chi connectivity index (χ3v) is 4.20. The summed E-state index contributed by atoms with van der Waals surface area (Å²) in [5.41, 5.74) is 4.16. The lowest BCUT2D eigenvalue weighted by Gasteiger charge is -2.26. The minimum Gasteiger partial charge on any atom is -0.329 e. The lowest BCUT2D eigenvalue weighted by molar-refractivity contribution is -0.134. The Morgan fingerprint density at radius 1 is 0.960 bits per heavy atom. The predicted octanol–water partition coefficient (Wildman–Crippen LogP) is 3.71. The molecule has 0 radical (unpaired) electrons. The Hall–Kier alpha value is -2.62. The van der Waals surface area contributed by atoms with E-state index >= 15 is 0 Å². The molecule has 0 unspecified atom stereocenters. The molecule has 2 amide bonds. The van der Waals surface area contributed by atoms with Crippen LogP contribution in [0.4, 0.5) is 5.69 Å². The number of amides is 2. The van der Waals surface area contributed by atoms with E-state index in [0.717, 1.165) is 16.8 Å². The number of aryl methyl sites for hydroxylation is 2. The van der Waals surface area contributed by atoms with Crippen molar-refractivity contribution >= 4 is 17.5 Å². The number of hydrogen-bond acceptors (Lipinski definition) is 2. The minimum absolute atomic E-state index is 0.0737. The van der Waals surface area contributed by atoms with Crippen LogP contribution in [0.15, 0.2) is 48.5 Å². The van der Waals surface area contributed by atoms with Gasteiger partial charge in [0.2, 0.25) is 11.8 Å². The molecule has 0 fully saturated rings. The Bertz CT molecular complexity index is 738. The van der Waals surface area contributed by atoms with Crippen molar-refractivity contribution in [3.63, 3.8) is 0 Å². The van der Waals surface area contributed by atoms with Crippen molar-refractivity contribution in [2.45, 2.75) is 34.2 Å². The Balaban J connectivity index is 2.13. The maximum Gasteiger partial charge on any atom is 0.246 e. The fourth-order valence-corrected chi connectivity index (χ4v) is 2.74. The van der Waals surface area contributed by atoms with Gasteiger partial charge in [-0.15, -0.1) is 0 Å². The van der Waals surface area contributed by atoms with Gasteiger partial charge in [-0.2, -0.15) is 0 Å². The molecule has 0 N–H and O–H groups in total. The third-order valence-electron chi connectivity index (χ3n) is 4.20. The summed E-state index contributed by atoms with van der Waals surface area (Å²) in [5.74, 6) is -0.176. The van der Waals surface area contributed by atoms with Gasteiger partial charge in [0, 0.05) is 25.7 Å². The molecule has 4 nitrogen and oxygen atoms in total. The second kappa shape index (κ2) is 8.47. The number of likely N-dealkylation sites (N-methyl/N-ethyl adjacent to an activating group) is 1. The molecule has 4 heteroatoms. The highest BCUT2D eigenvalue weighted by molar-refractivity contribution is 5.96. The van der Waals surface area contributed by atoms with Crippen LogP contribution in [0.25, 0.3) is 0 Å². The van der Waals surface area contributed by atoms with Crippen LogP contribution in [-0.4, -0.2) is 29.8 Å². The van der Waals surface area contributed by atoms with E-state index in [1.165, 1.54) is 12.5 Å². The molecule has 0 aliphatic carbocycles. The standard InChI is InChI=1S/C21H26N2O2/c1-5-23(20-8-6-7-17(3)13-20)21(25)15-22(18(4)24)14-19-11-9-16(2)10-12-19/h6-13H,5,14-15H2,1-4H3. The number of hydrogen-bond donors (Lipinski definition) is 0. The molecule has 0 spiro atoms. The van der Waals surface area contributed by atoms with E-state index in [1.807, 2.05) is 69.3 Å². The molecule has 0 heterocycles. The largest absolute Gasteiger partial charge is 0.329 e. The zero-order valence-electron chi connectivity index (χ0n) is 15.5. The van der Waals surface area contributed by atoms with Crippen molar-refractivity contribution in [3.8, 4) is 0 Å². The topological polar surface area (TPSA) is 40.6 Å². The van der Waals surface area contributed by atoms with Gasteiger partial charge in [-0.3, -0.25) is 9.59 Å². The van der Waals surface area contributed by atoms with Crippen LogP contribution < -0.4 is 4.90 Å². The van der Waals surface area contributed by atoms with Gasteiger partial charge in [0.1, 0.15) is 6.54 Å². The number of benzene rings is 2. The molecule has 2 rings (SSSR count). The lowest BCUT2D eigenvalue weighted by Crippen LogP contribution is -2.42. The second-order valence-electron chi connectivity index (χ2n) is 6.34. The summed E-state index contributed by atoms with van der Waals surface area (Å²) in [6.07, 6.45) is 0. The highest BCUT2D eigenvalue weighted by atomic mass is 16.2. The zero-order valence-corrected chi connectivity index (χ0v) is 15.5. The van der Waals surface area contributed by atoms with E-state index < -0.39 is 0 Å². The van der Waals surface area contributed by atoms with Crippen molar-refractivity contribution in [1.29, 1.82) is 0 Å². The summed E-state index contributed by atoms with van der Waals surface area (Å²) in [5, 5.41) is 0. The molecule has 2 aromatic rings. The van der Waals surface area contributed by atoms with Gasteiger partial charge in [-0.05, 0) is 44.0 Å². The molecule has 0 aliphatic rings. The number of rotatable bonds is 6. The number of carbonyl (C=O) groups excluding carboxylic acids is 2.